The van der Waals surface area contributed by atoms with Gasteiger partial charge in [-0.15, -0.1) is 11.3 Å². The van der Waals surface area contributed by atoms with E-state index in [9.17, 15) is 0 Å². The monoisotopic (exact) mass is 648 g/mol. The Balaban J connectivity index is 1.42. The van der Waals surface area contributed by atoms with Crippen LogP contribution >= 0.6 is 33.9 Å². The van der Waals surface area contributed by atoms with E-state index in [1.54, 1.807) is 0 Å². The number of rotatable bonds is 6. The summed E-state index contributed by atoms with van der Waals surface area (Å²) < 4.78 is 4.14. The number of halogens is 1. The van der Waals surface area contributed by atoms with Gasteiger partial charge in [0.2, 0.25) is 0 Å². The van der Waals surface area contributed by atoms with Crippen LogP contribution in [0.15, 0.2) is 121 Å². The molecule has 0 nitrogen and oxygen atoms in total. The molecule has 0 bridgehead atoms. The summed E-state index contributed by atoms with van der Waals surface area (Å²) in [5, 5.41) is 2.80. The number of fused-ring (bicyclic) bond motifs is 3. The Morgan fingerprint density at radius 2 is 1.18 bits per heavy atom. The number of thiophene rings is 1. The molecule has 6 aromatic rings. The van der Waals surface area contributed by atoms with Gasteiger partial charge >= 0.3 is 0 Å². The van der Waals surface area contributed by atoms with Crippen molar-refractivity contribution in [1.29, 1.82) is 0 Å². The largest absolute Gasteiger partial charge is 0.135 e. The van der Waals surface area contributed by atoms with Gasteiger partial charge < -0.3 is 0 Å². The lowest BCUT2D eigenvalue weighted by molar-refractivity contribution is 0.327. The average Bonchev–Trinajstić information content (AvgIpc) is 3.39. The molecule has 1 aliphatic carbocycles. The maximum absolute atomic E-state index is 2.56. The fraction of sp³-hybridized carbons (Fsp3) is 0.211. The third kappa shape index (κ3) is 4.90. The van der Waals surface area contributed by atoms with E-state index in [0.29, 0.717) is 5.92 Å². The Morgan fingerprint density at radius 1 is 0.575 bits per heavy atom. The van der Waals surface area contributed by atoms with Gasteiger partial charge in [-0.05, 0) is 87.4 Å². The maximum atomic E-state index is 2.56. The minimum atomic E-state index is 0.199. The van der Waals surface area contributed by atoms with Gasteiger partial charge in [0.25, 0.3) is 0 Å². The normalized spacial score (nSPS) is 15.2. The fourth-order valence-corrected chi connectivity index (χ4v) is 9.20. The molecule has 1 aromatic heterocycles. The Kier molecular flexibility index (Phi) is 7.47. The minimum absolute atomic E-state index is 0.199. The molecule has 0 spiro atoms. The van der Waals surface area contributed by atoms with Crippen LogP contribution < -0.4 is 0 Å². The van der Waals surface area contributed by atoms with Crippen LogP contribution in [0.1, 0.15) is 71.8 Å². The zero-order valence-electron chi connectivity index (χ0n) is 22.6. The van der Waals surface area contributed by atoms with Crippen molar-refractivity contribution in [3.63, 3.8) is 0 Å². The highest BCUT2D eigenvalue weighted by molar-refractivity contribution is 14.1. The zero-order valence-corrected chi connectivity index (χ0v) is 25.6. The highest BCUT2D eigenvalue weighted by Gasteiger charge is 2.28. The molecule has 1 fully saturated rings. The van der Waals surface area contributed by atoms with Crippen molar-refractivity contribution >= 4 is 54.1 Å². The molecule has 1 saturated carbocycles. The summed E-state index contributed by atoms with van der Waals surface area (Å²) in [6, 6.07) is 45.4. The van der Waals surface area contributed by atoms with E-state index in [0.717, 1.165) is 5.92 Å². The molecule has 40 heavy (non-hydrogen) atoms. The molecule has 1 unspecified atom stereocenters. The van der Waals surface area contributed by atoms with Gasteiger partial charge in [-0.3, -0.25) is 0 Å². The van der Waals surface area contributed by atoms with Crippen molar-refractivity contribution in [3.8, 4) is 0 Å². The molecule has 5 aromatic carbocycles. The predicted octanol–water partition coefficient (Wildman–Crippen LogP) is 11.6. The average molecular weight is 649 g/mol. The van der Waals surface area contributed by atoms with Crippen LogP contribution in [0.2, 0.25) is 0 Å². The lowest BCUT2D eigenvalue weighted by Crippen LogP contribution is -2.17. The Bertz CT molecular complexity index is 1690. The van der Waals surface area contributed by atoms with E-state index in [2.05, 4.69) is 144 Å². The van der Waals surface area contributed by atoms with Crippen LogP contribution in [-0.2, 0) is 0 Å². The van der Waals surface area contributed by atoms with Crippen LogP contribution in [0.3, 0.4) is 0 Å². The summed E-state index contributed by atoms with van der Waals surface area (Å²) in [7, 11) is 0. The van der Waals surface area contributed by atoms with E-state index in [4.69, 9.17) is 0 Å². The zero-order chi connectivity index (χ0) is 26.9. The van der Waals surface area contributed by atoms with Gasteiger partial charge in [-0.1, -0.05) is 122 Å². The smallest absolute Gasteiger partial charge is 0.0407 e. The first-order valence-electron chi connectivity index (χ1n) is 14.6. The lowest BCUT2D eigenvalue weighted by atomic mass is 9.73. The van der Waals surface area contributed by atoms with Crippen LogP contribution in [0, 0.1) is 9.49 Å². The van der Waals surface area contributed by atoms with Crippen molar-refractivity contribution in [2.75, 3.05) is 0 Å². The molecule has 2 heteroatoms. The Hall–Kier alpha value is -2.95. The van der Waals surface area contributed by atoms with E-state index in [1.165, 1.54) is 83.7 Å². The van der Waals surface area contributed by atoms with Gasteiger partial charge in [0, 0.05) is 35.6 Å². The summed E-state index contributed by atoms with van der Waals surface area (Å²) in [6.07, 6.45) is 6.78. The van der Waals surface area contributed by atoms with Gasteiger partial charge in [0.1, 0.15) is 0 Å². The van der Waals surface area contributed by atoms with Crippen LogP contribution in [-0.4, -0.2) is 0 Å². The number of hydrogen-bond donors (Lipinski definition) is 0. The second-order valence-electron chi connectivity index (χ2n) is 11.2. The second-order valence-corrected chi connectivity index (χ2v) is 13.5. The Labute approximate surface area is 255 Å². The molecule has 0 radical (unpaired) electrons. The number of hydrogen-bond acceptors (Lipinski definition) is 1. The van der Waals surface area contributed by atoms with Crippen molar-refractivity contribution in [2.45, 2.75) is 43.9 Å². The lowest BCUT2D eigenvalue weighted by Gasteiger charge is -2.31. The predicted molar refractivity (Wildman–Crippen MR) is 181 cm³/mol. The number of benzene rings is 5. The molecule has 0 amide bonds. The van der Waals surface area contributed by atoms with E-state index < -0.39 is 0 Å². The molecule has 0 saturated heterocycles. The van der Waals surface area contributed by atoms with Crippen LogP contribution in [0.4, 0.5) is 0 Å². The van der Waals surface area contributed by atoms with Crippen LogP contribution in [0.5, 0.6) is 0 Å². The Morgan fingerprint density at radius 3 is 1.80 bits per heavy atom. The highest BCUT2D eigenvalue weighted by atomic mass is 127. The summed E-state index contributed by atoms with van der Waals surface area (Å²) in [6.45, 7) is 0. The SMILES string of the molecule is Ic1ccc2c(sc3ccc(C(c4ccccc4)C4CCCCC4)cc32)c1C(c1ccccc1)c1ccccc1. The highest BCUT2D eigenvalue weighted by Crippen LogP contribution is 2.47. The summed E-state index contributed by atoms with van der Waals surface area (Å²) in [5.41, 5.74) is 7.08. The van der Waals surface area contributed by atoms with Crippen molar-refractivity contribution in [1.82, 2.24) is 0 Å². The van der Waals surface area contributed by atoms with E-state index >= 15 is 0 Å². The topological polar surface area (TPSA) is 0 Å². The standard InChI is InChI=1S/C38H33IS/c39-33-23-22-31-32-25-30(35(26-13-5-1-6-14-26)27-15-7-2-8-16-27)21-24-34(32)40-38(31)37(33)36(28-17-9-3-10-18-28)29-19-11-4-12-20-29/h1,3-6,9-14,17-25,27,35-36H,2,7-8,15-16H2. The van der Waals surface area contributed by atoms with Crippen molar-refractivity contribution in [3.05, 3.63) is 153 Å². The molecule has 1 atom stereocenters. The third-order valence-corrected chi connectivity index (χ3v) is 11.0. The van der Waals surface area contributed by atoms with Crippen molar-refractivity contribution < 1.29 is 0 Å². The molecule has 1 aliphatic rings. The molecule has 1 heterocycles. The summed E-state index contributed by atoms with van der Waals surface area (Å²) in [5.74, 6) is 1.38. The first-order chi connectivity index (χ1) is 19.8. The molecule has 7 rings (SSSR count). The van der Waals surface area contributed by atoms with E-state index in [1.807, 2.05) is 11.3 Å². The van der Waals surface area contributed by atoms with Crippen LogP contribution in [0.25, 0.3) is 20.2 Å². The fourth-order valence-electron chi connectivity index (χ4n) is 7.00. The van der Waals surface area contributed by atoms with E-state index in [-0.39, 0.29) is 5.92 Å². The molecule has 198 valence electrons. The molecule has 0 aliphatic heterocycles. The molecular formula is C38H33IS. The van der Waals surface area contributed by atoms with Gasteiger partial charge in [-0.2, -0.15) is 0 Å². The van der Waals surface area contributed by atoms with Gasteiger partial charge in [-0.25, -0.2) is 0 Å². The first kappa shape index (κ1) is 26.0. The third-order valence-electron chi connectivity index (χ3n) is 8.84. The minimum Gasteiger partial charge on any atom is -0.135 e. The first-order valence-corrected chi connectivity index (χ1v) is 16.5. The second kappa shape index (κ2) is 11.5. The maximum Gasteiger partial charge on any atom is 0.0407 e. The quantitative estimate of drug-likeness (QED) is 0.125. The molecular weight excluding hydrogens is 615 g/mol. The van der Waals surface area contributed by atoms with Gasteiger partial charge in [0.05, 0.1) is 0 Å². The summed E-state index contributed by atoms with van der Waals surface area (Å²) >= 11 is 4.53. The van der Waals surface area contributed by atoms with Gasteiger partial charge in [0.15, 0.2) is 0 Å². The summed E-state index contributed by atoms with van der Waals surface area (Å²) in [4.78, 5) is 0. The van der Waals surface area contributed by atoms with Crippen molar-refractivity contribution in [2.24, 2.45) is 5.92 Å². The molecule has 0 N–H and O–H groups in total.